The maximum absolute atomic E-state index is 11.6. The van der Waals surface area contributed by atoms with E-state index in [2.05, 4.69) is 0 Å². The molecule has 1 heterocycles. The van der Waals surface area contributed by atoms with Gasteiger partial charge in [-0.15, -0.1) is 0 Å². The molecule has 0 fully saturated rings. The van der Waals surface area contributed by atoms with E-state index in [1.54, 1.807) is 0 Å². The summed E-state index contributed by atoms with van der Waals surface area (Å²) in [5.74, 6) is 0. The first kappa shape index (κ1) is 14.3. The first-order valence-electron chi connectivity index (χ1n) is 5.66. The van der Waals surface area contributed by atoms with Gasteiger partial charge in [-0.1, -0.05) is 0 Å². The molecule has 0 saturated heterocycles. The molecule has 1 aromatic heterocycles. The minimum Gasteiger partial charge on any atom is -0.351 e. The van der Waals surface area contributed by atoms with Crippen molar-refractivity contribution < 1.29 is 14.4 Å². The standard InChI is InChI=1S/C11H16N2O5/c1-3-17-11(18-4-2)8-12-7-9(13(15)16)5-6-10(12)14/h5-7,11H,3-4,8H2,1-2H3. The summed E-state index contributed by atoms with van der Waals surface area (Å²) in [7, 11) is 0. The van der Waals surface area contributed by atoms with Crippen molar-refractivity contribution in [3.05, 3.63) is 38.8 Å². The zero-order valence-corrected chi connectivity index (χ0v) is 10.4. The predicted octanol–water partition coefficient (Wildman–Crippen LogP) is 1.16. The van der Waals surface area contributed by atoms with Gasteiger partial charge < -0.3 is 14.0 Å². The highest BCUT2D eigenvalue weighted by atomic mass is 16.7. The Balaban J connectivity index is 2.90. The van der Waals surface area contributed by atoms with Crippen LogP contribution in [0, 0.1) is 10.1 Å². The topological polar surface area (TPSA) is 83.6 Å². The van der Waals surface area contributed by atoms with Gasteiger partial charge in [0.15, 0.2) is 6.29 Å². The van der Waals surface area contributed by atoms with Crippen molar-refractivity contribution in [2.75, 3.05) is 13.2 Å². The maximum atomic E-state index is 11.6. The molecule has 0 spiro atoms. The smallest absolute Gasteiger partial charge is 0.285 e. The van der Waals surface area contributed by atoms with Crippen molar-refractivity contribution in [1.29, 1.82) is 0 Å². The van der Waals surface area contributed by atoms with Crippen molar-refractivity contribution >= 4 is 5.69 Å². The van der Waals surface area contributed by atoms with Gasteiger partial charge in [0, 0.05) is 25.3 Å². The van der Waals surface area contributed by atoms with Gasteiger partial charge in [0.2, 0.25) is 0 Å². The van der Waals surface area contributed by atoms with Gasteiger partial charge in [-0.05, 0) is 13.8 Å². The first-order chi connectivity index (χ1) is 8.58. The molecule has 7 heteroatoms. The highest BCUT2D eigenvalue weighted by Gasteiger charge is 2.13. The highest BCUT2D eigenvalue weighted by molar-refractivity contribution is 5.24. The molecule has 0 aliphatic heterocycles. The fourth-order valence-electron chi connectivity index (χ4n) is 1.46. The van der Waals surface area contributed by atoms with E-state index in [1.807, 2.05) is 13.8 Å². The first-order valence-corrected chi connectivity index (χ1v) is 5.66. The average Bonchev–Trinajstić information content (AvgIpc) is 2.32. The monoisotopic (exact) mass is 256 g/mol. The average molecular weight is 256 g/mol. The van der Waals surface area contributed by atoms with E-state index in [4.69, 9.17) is 9.47 Å². The summed E-state index contributed by atoms with van der Waals surface area (Å²) in [6, 6.07) is 2.34. The van der Waals surface area contributed by atoms with Gasteiger partial charge in [0.25, 0.3) is 11.2 Å². The Morgan fingerprint density at radius 1 is 1.33 bits per heavy atom. The molecule has 0 unspecified atom stereocenters. The lowest BCUT2D eigenvalue weighted by Gasteiger charge is -2.17. The molecular weight excluding hydrogens is 240 g/mol. The molecule has 0 aliphatic rings. The number of hydrogen-bond acceptors (Lipinski definition) is 5. The van der Waals surface area contributed by atoms with E-state index >= 15 is 0 Å². The van der Waals surface area contributed by atoms with Crippen molar-refractivity contribution in [2.24, 2.45) is 0 Å². The van der Waals surface area contributed by atoms with Crippen molar-refractivity contribution in [1.82, 2.24) is 4.57 Å². The molecule has 0 bridgehead atoms. The summed E-state index contributed by atoms with van der Waals surface area (Å²) in [5.41, 5.74) is -0.466. The summed E-state index contributed by atoms with van der Waals surface area (Å²) in [6.07, 6.45) is 0.604. The fraction of sp³-hybridized carbons (Fsp3) is 0.545. The molecule has 100 valence electrons. The van der Waals surface area contributed by atoms with E-state index in [9.17, 15) is 14.9 Å². The van der Waals surface area contributed by atoms with Crippen LogP contribution in [-0.2, 0) is 16.0 Å². The van der Waals surface area contributed by atoms with E-state index in [0.717, 1.165) is 6.07 Å². The summed E-state index contributed by atoms with van der Waals surface area (Å²) >= 11 is 0. The zero-order valence-electron chi connectivity index (χ0n) is 10.4. The van der Waals surface area contributed by atoms with Crippen LogP contribution in [0.4, 0.5) is 5.69 Å². The molecule has 0 aromatic carbocycles. The molecule has 0 amide bonds. The van der Waals surface area contributed by atoms with Crippen LogP contribution >= 0.6 is 0 Å². The van der Waals surface area contributed by atoms with Gasteiger partial charge in [0.05, 0.1) is 17.7 Å². The second-order valence-electron chi connectivity index (χ2n) is 3.48. The van der Waals surface area contributed by atoms with Crippen LogP contribution in [0.1, 0.15) is 13.8 Å². The predicted molar refractivity (Wildman–Crippen MR) is 64.4 cm³/mol. The largest absolute Gasteiger partial charge is 0.351 e. The Bertz CT molecular complexity index is 451. The summed E-state index contributed by atoms with van der Waals surface area (Å²) in [5, 5.41) is 10.6. The Hall–Kier alpha value is -1.73. The second kappa shape index (κ2) is 6.87. The maximum Gasteiger partial charge on any atom is 0.285 e. The number of hydrogen-bond donors (Lipinski definition) is 0. The third-order valence-corrected chi connectivity index (χ3v) is 2.23. The second-order valence-corrected chi connectivity index (χ2v) is 3.48. The van der Waals surface area contributed by atoms with E-state index < -0.39 is 11.2 Å². The SMILES string of the molecule is CCOC(Cn1cc([N+](=O)[O-])ccc1=O)OCC. The van der Waals surface area contributed by atoms with Crippen LogP contribution in [0.2, 0.25) is 0 Å². The normalized spacial score (nSPS) is 10.8. The third-order valence-electron chi connectivity index (χ3n) is 2.23. The number of ether oxygens (including phenoxy) is 2. The van der Waals surface area contributed by atoms with E-state index in [0.29, 0.717) is 13.2 Å². The van der Waals surface area contributed by atoms with Crippen molar-refractivity contribution in [3.63, 3.8) is 0 Å². The van der Waals surface area contributed by atoms with Crippen LogP contribution in [0.5, 0.6) is 0 Å². The summed E-state index contributed by atoms with van der Waals surface area (Å²) in [6.45, 7) is 4.62. The molecule has 1 aromatic rings. The van der Waals surface area contributed by atoms with Crippen molar-refractivity contribution in [3.8, 4) is 0 Å². The zero-order chi connectivity index (χ0) is 13.5. The quantitative estimate of drug-likeness (QED) is 0.415. The molecule has 0 saturated carbocycles. The Kier molecular flexibility index (Phi) is 5.47. The van der Waals surface area contributed by atoms with Gasteiger partial charge in [-0.2, -0.15) is 0 Å². The Morgan fingerprint density at radius 3 is 2.44 bits per heavy atom. The molecule has 1 rings (SSSR count). The molecule has 0 N–H and O–H groups in total. The molecule has 0 atom stereocenters. The lowest BCUT2D eigenvalue weighted by atomic mass is 10.4. The Morgan fingerprint density at radius 2 is 1.94 bits per heavy atom. The lowest BCUT2D eigenvalue weighted by molar-refractivity contribution is -0.385. The number of pyridine rings is 1. The third kappa shape index (κ3) is 3.94. The minimum atomic E-state index is -0.584. The molecule has 18 heavy (non-hydrogen) atoms. The van der Waals surface area contributed by atoms with Crippen LogP contribution in [0.25, 0.3) is 0 Å². The van der Waals surface area contributed by atoms with E-state index in [-0.39, 0.29) is 17.8 Å². The fourth-order valence-corrected chi connectivity index (χ4v) is 1.46. The van der Waals surface area contributed by atoms with Gasteiger partial charge in [-0.3, -0.25) is 14.9 Å². The van der Waals surface area contributed by atoms with E-state index in [1.165, 1.54) is 16.8 Å². The minimum absolute atomic E-state index is 0.127. The molecule has 7 nitrogen and oxygen atoms in total. The van der Waals surface area contributed by atoms with Crippen LogP contribution in [0.15, 0.2) is 23.1 Å². The lowest BCUT2D eigenvalue weighted by Crippen LogP contribution is -2.29. The molecule has 0 aliphatic carbocycles. The number of aromatic nitrogens is 1. The number of nitro groups is 1. The number of rotatable bonds is 7. The Labute approximate surface area is 104 Å². The van der Waals surface area contributed by atoms with Gasteiger partial charge in [0.1, 0.15) is 0 Å². The highest BCUT2D eigenvalue weighted by Crippen LogP contribution is 2.07. The summed E-state index contributed by atoms with van der Waals surface area (Å²) in [4.78, 5) is 21.6. The van der Waals surface area contributed by atoms with Gasteiger partial charge >= 0.3 is 0 Å². The van der Waals surface area contributed by atoms with Crippen LogP contribution < -0.4 is 5.56 Å². The van der Waals surface area contributed by atoms with Crippen LogP contribution in [0.3, 0.4) is 0 Å². The number of nitrogens with zero attached hydrogens (tertiary/aromatic N) is 2. The van der Waals surface area contributed by atoms with Crippen LogP contribution in [-0.4, -0.2) is 29.0 Å². The summed E-state index contributed by atoms with van der Waals surface area (Å²) < 4.78 is 11.8. The van der Waals surface area contributed by atoms with Gasteiger partial charge in [-0.25, -0.2) is 0 Å². The van der Waals surface area contributed by atoms with Crippen molar-refractivity contribution in [2.45, 2.75) is 26.7 Å². The molecule has 0 radical (unpaired) electrons. The molecular formula is C11H16N2O5.